The van der Waals surface area contributed by atoms with Gasteiger partial charge in [0.05, 0.1) is 27.0 Å². The Labute approximate surface area is 209 Å². The average molecular weight is 532 g/mol. The van der Waals surface area contributed by atoms with Crippen LogP contribution in [-0.4, -0.2) is 57.5 Å². The highest BCUT2D eigenvalue weighted by Crippen LogP contribution is 2.44. The number of hydrogen-bond acceptors (Lipinski definition) is 7. The highest BCUT2D eigenvalue weighted by molar-refractivity contribution is 8.02. The lowest BCUT2D eigenvalue weighted by Gasteiger charge is -2.40. The molecule has 33 heavy (non-hydrogen) atoms. The van der Waals surface area contributed by atoms with Crippen LogP contribution in [0.3, 0.4) is 0 Å². The van der Waals surface area contributed by atoms with Crippen molar-refractivity contribution in [1.82, 2.24) is 4.31 Å². The molecule has 0 unspecified atom stereocenters. The lowest BCUT2D eigenvalue weighted by molar-refractivity contribution is -0.136. The van der Waals surface area contributed by atoms with Crippen molar-refractivity contribution < 1.29 is 18.3 Å². The molecule has 1 saturated heterocycles. The zero-order valence-corrected chi connectivity index (χ0v) is 22.5. The second kappa shape index (κ2) is 10.4. The summed E-state index contributed by atoms with van der Waals surface area (Å²) in [5.74, 6) is -0.897. The molecule has 0 saturated carbocycles. The van der Waals surface area contributed by atoms with Gasteiger partial charge in [0.15, 0.2) is 0 Å². The Bertz CT molecular complexity index is 1090. The Balaban J connectivity index is 1.94. The van der Waals surface area contributed by atoms with E-state index >= 15 is 0 Å². The summed E-state index contributed by atoms with van der Waals surface area (Å²) in [5, 5.41) is 9.94. The van der Waals surface area contributed by atoms with E-state index in [4.69, 9.17) is 11.6 Å². The Hall–Kier alpha value is -1.46. The molecular weight excluding hydrogens is 502 g/mol. The quantitative estimate of drug-likeness (QED) is 0.441. The van der Waals surface area contributed by atoms with E-state index < -0.39 is 16.0 Å². The first kappa shape index (κ1) is 26.2. The van der Waals surface area contributed by atoms with Gasteiger partial charge in [-0.2, -0.15) is 0 Å². The summed E-state index contributed by atoms with van der Waals surface area (Å²) in [7, 11) is -0.530. The van der Waals surface area contributed by atoms with Crippen LogP contribution in [0.2, 0.25) is 5.02 Å². The third-order valence-corrected chi connectivity index (χ3v) is 10.5. The number of nitrogens with zero attached hydrogens (tertiary/aromatic N) is 3. The number of piperidine rings is 1. The van der Waals surface area contributed by atoms with Gasteiger partial charge < -0.3 is 14.3 Å². The van der Waals surface area contributed by atoms with Crippen LogP contribution in [0.1, 0.15) is 33.1 Å². The number of carbonyl (C=O) groups is 1. The van der Waals surface area contributed by atoms with Gasteiger partial charge in [-0.1, -0.05) is 31.5 Å². The molecule has 3 rings (SSSR count). The van der Waals surface area contributed by atoms with Crippen LogP contribution in [0.5, 0.6) is 0 Å². The number of sulfonamides is 1. The summed E-state index contributed by atoms with van der Waals surface area (Å²) in [5.41, 5.74) is 2.00. The predicted molar refractivity (Wildman–Crippen MR) is 137 cm³/mol. The molecule has 1 aliphatic heterocycles. The summed E-state index contributed by atoms with van der Waals surface area (Å²) in [6.45, 7) is 6.52. The summed E-state index contributed by atoms with van der Waals surface area (Å²) in [6, 6.07) is 9.00. The molecule has 1 N–H and O–H groups in total. The minimum Gasteiger partial charge on any atom is -0.481 e. The van der Waals surface area contributed by atoms with Crippen molar-refractivity contribution in [3.63, 3.8) is 0 Å². The zero-order valence-electron chi connectivity index (χ0n) is 19.2. The van der Waals surface area contributed by atoms with E-state index in [0.29, 0.717) is 5.02 Å². The fourth-order valence-electron chi connectivity index (χ4n) is 3.55. The van der Waals surface area contributed by atoms with Crippen LogP contribution in [-0.2, 0) is 14.8 Å². The van der Waals surface area contributed by atoms with Gasteiger partial charge in [0, 0.05) is 33.7 Å². The number of carboxylic acid groups (broad SMARTS) is 1. The molecule has 1 aliphatic rings. The SMILES string of the molecule is CN(C)S(=O)(=O)c1ccc(SN(CCC(=O)O)c2cccc(Cl)c2N2CCC(C)(C)CC2)s1. The molecule has 2 aromatic rings. The van der Waals surface area contributed by atoms with E-state index in [1.54, 1.807) is 12.1 Å². The number of para-hydroxylation sites is 1. The third kappa shape index (κ3) is 6.36. The molecule has 0 atom stereocenters. The highest BCUT2D eigenvalue weighted by Gasteiger charge is 2.29. The number of hydrogen-bond donors (Lipinski definition) is 1. The molecule has 0 aliphatic carbocycles. The lowest BCUT2D eigenvalue weighted by Crippen LogP contribution is -2.38. The van der Waals surface area contributed by atoms with Gasteiger partial charge >= 0.3 is 5.97 Å². The molecule has 7 nitrogen and oxygen atoms in total. The Morgan fingerprint density at radius 1 is 1.21 bits per heavy atom. The number of anilines is 2. The maximum Gasteiger partial charge on any atom is 0.305 e. The van der Waals surface area contributed by atoms with Crippen LogP contribution in [0.15, 0.2) is 38.8 Å². The first-order chi connectivity index (χ1) is 15.4. The minimum atomic E-state index is -3.53. The summed E-state index contributed by atoms with van der Waals surface area (Å²) >= 11 is 9.17. The summed E-state index contributed by atoms with van der Waals surface area (Å²) < 4.78 is 29.1. The molecule has 182 valence electrons. The Kier molecular flexibility index (Phi) is 8.27. The maximum atomic E-state index is 12.5. The van der Waals surface area contributed by atoms with Gasteiger partial charge in [-0.25, -0.2) is 12.7 Å². The second-order valence-electron chi connectivity index (χ2n) is 8.96. The first-order valence-electron chi connectivity index (χ1n) is 10.6. The van der Waals surface area contributed by atoms with Gasteiger partial charge in [0.1, 0.15) is 4.21 Å². The Morgan fingerprint density at radius 3 is 2.48 bits per heavy atom. The molecule has 1 aromatic heterocycles. The van der Waals surface area contributed by atoms with Crippen molar-refractivity contribution in [3.8, 4) is 0 Å². The second-order valence-corrected chi connectivity index (χ2v) is 14.1. The van der Waals surface area contributed by atoms with Crippen molar-refractivity contribution in [2.45, 2.75) is 41.5 Å². The summed E-state index contributed by atoms with van der Waals surface area (Å²) in [6.07, 6.45) is 2.02. The van der Waals surface area contributed by atoms with E-state index in [0.717, 1.165) is 41.5 Å². The van der Waals surface area contributed by atoms with E-state index in [-0.39, 0.29) is 22.6 Å². The number of thiophene rings is 1. The third-order valence-electron chi connectivity index (χ3n) is 5.69. The van der Waals surface area contributed by atoms with Crippen molar-refractivity contribution in [2.24, 2.45) is 5.41 Å². The van der Waals surface area contributed by atoms with Crippen molar-refractivity contribution in [2.75, 3.05) is 42.9 Å². The molecule has 1 fully saturated rings. The molecule has 1 aromatic carbocycles. The number of benzene rings is 1. The van der Waals surface area contributed by atoms with Gasteiger partial charge in [0.25, 0.3) is 10.0 Å². The molecule has 2 heterocycles. The molecular formula is C22H30ClN3O4S3. The number of rotatable bonds is 9. The van der Waals surface area contributed by atoms with Gasteiger partial charge in [0.2, 0.25) is 0 Å². The maximum absolute atomic E-state index is 12.5. The van der Waals surface area contributed by atoms with Crippen LogP contribution in [0, 0.1) is 5.41 Å². The smallest absolute Gasteiger partial charge is 0.305 e. The molecule has 0 bridgehead atoms. The fourth-order valence-corrected chi connectivity index (χ4v) is 7.66. The van der Waals surface area contributed by atoms with Crippen molar-refractivity contribution >= 4 is 62.3 Å². The van der Waals surface area contributed by atoms with Crippen LogP contribution in [0.25, 0.3) is 0 Å². The largest absolute Gasteiger partial charge is 0.481 e. The zero-order chi connectivity index (χ0) is 24.4. The highest BCUT2D eigenvalue weighted by atomic mass is 35.5. The van der Waals surface area contributed by atoms with Crippen LogP contribution in [0.4, 0.5) is 11.4 Å². The average Bonchev–Trinajstić information content (AvgIpc) is 3.20. The fraction of sp³-hybridized carbons (Fsp3) is 0.500. The first-order valence-corrected chi connectivity index (χ1v) is 14.0. The summed E-state index contributed by atoms with van der Waals surface area (Å²) in [4.78, 5) is 13.6. The minimum absolute atomic E-state index is 0.0553. The van der Waals surface area contributed by atoms with E-state index in [2.05, 4.69) is 18.7 Å². The molecule has 11 heteroatoms. The van der Waals surface area contributed by atoms with Gasteiger partial charge in [-0.15, -0.1) is 11.3 Å². The van der Waals surface area contributed by atoms with E-state index in [1.807, 2.05) is 22.5 Å². The van der Waals surface area contributed by atoms with Crippen molar-refractivity contribution in [3.05, 3.63) is 35.4 Å². The molecule has 0 amide bonds. The molecule has 0 spiro atoms. The van der Waals surface area contributed by atoms with Gasteiger partial charge in [-0.05, 0) is 54.5 Å². The van der Waals surface area contributed by atoms with Crippen LogP contribution >= 0.6 is 34.9 Å². The van der Waals surface area contributed by atoms with Gasteiger partial charge in [-0.3, -0.25) is 4.79 Å². The lowest BCUT2D eigenvalue weighted by atomic mass is 9.82. The number of aliphatic carboxylic acids is 1. The Morgan fingerprint density at radius 2 is 1.88 bits per heavy atom. The monoisotopic (exact) mass is 531 g/mol. The normalized spacial score (nSPS) is 16.2. The standard InChI is InChI=1S/C22H30ClN3O4S3/c1-22(2)11-14-25(15-12-22)21-16(23)6-5-7-17(21)26(13-10-18(27)28)32-19-8-9-20(31-19)33(29,30)24(3)4/h5-9H,10-15H2,1-4H3,(H,27,28). The number of carboxylic acids is 1. The predicted octanol–water partition coefficient (Wildman–Crippen LogP) is 5.27. The van der Waals surface area contributed by atoms with Crippen molar-refractivity contribution in [1.29, 1.82) is 0 Å². The number of halogens is 1. The van der Waals surface area contributed by atoms with E-state index in [1.165, 1.54) is 41.7 Å². The van der Waals surface area contributed by atoms with E-state index in [9.17, 15) is 18.3 Å². The topological polar surface area (TPSA) is 81.2 Å². The van der Waals surface area contributed by atoms with Crippen LogP contribution < -0.4 is 9.21 Å². The molecule has 0 radical (unpaired) electrons.